The zero-order valence-corrected chi connectivity index (χ0v) is 13.0. The van der Waals surface area contributed by atoms with Gasteiger partial charge in [0.15, 0.2) is 5.82 Å². The summed E-state index contributed by atoms with van der Waals surface area (Å²) in [5.41, 5.74) is 0.178. The normalized spacial score (nSPS) is 11.2. The molecule has 0 saturated heterocycles. The summed E-state index contributed by atoms with van der Waals surface area (Å²) < 4.78 is 53.3. The molecule has 5 nitrogen and oxygen atoms in total. The van der Waals surface area contributed by atoms with Crippen molar-refractivity contribution in [2.24, 2.45) is 0 Å². The highest BCUT2D eigenvalue weighted by atomic mass is 32.2. The van der Waals surface area contributed by atoms with Gasteiger partial charge in [-0.05, 0) is 42.5 Å². The zero-order valence-electron chi connectivity index (χ0n) is 12.1. The highest BCUT2D eigenvalue weighted by Crippen LogP contribution is 2.22. The van der Waals surface area contributed by atoms with Gasteiger partial charge >= 0.3 is 0 Å². The van der Waals surface area contributed by atoms with Crippen LogP contribution in [0.5, 0.6) is 0 Å². The van der Waals surface area contributed by atoms with Crippen molar-refractivity contribution in [2.45, 2.75) is 4.90 Å². The van der Waals surface area contributed by atoms with E-state index < -0.39 is 27.3 Å². The van der Waals surface area contributed by atoms with E-state index in [1.54, 1.807) is 18.5 Å². The first-order valence-corrected chi connectivity index (χ1v) is 8.29. The van der Waals surface area contributed by atoms with Crippen molar-refractivity contribution in [2.75, 3.05) is 4.72 Å². The fourth-order valence-corrected chi connectivity index (χ4v) is 3.07. The van der Waals surface area contributed by atoms with Crippen LogP contribution >= 0.6 is 0 Å². The SMILES string of the molecule is O=S(=O)(Nc1cc(F)ccc1F)c1ccc(-c2ncccn2)cc1. The lowest BCUT2D eigenvalue weighted by Gasteiger charge is -2.09. The molecule has 1 N–H and O–H groups in total. The third kappa shape index (κ3) is 3.38. The Bertz CT molecular complexity index is 962. The summed E-state index contributed by atoms with van der Waals surface area (Å²) in [4.78, 5) is 8.03. The average Bonchev–Trinajstić information content (AvgIpc) is 2.59. The molecule has 1 aromatic heterocycles. The van der Waals surface area contributed by atoms with Crippen LogP contribution in [-0.2, 0) is 10.0 Å². The second-order valence-corrected chi connectivity index (χ2v) is 6.51. The maximum Gasteiger partial charge on any atom is 0.261 e. The van der Waals surface area contributed by atoms with Gasteiger partial charge in [-0.3, -0.25) is 4.72 Å². The summed E-state index contributed by atoms with van der Waals surface area (Å²) in [5.74, 6) is -1.16. The average molecular weight is 347 g/mol. The minimum absolute atomic E-state index is 0.0918. The van der Waals surface area contributed by atoms with Crippen LogP contribution in [0.1, 0.15) is 0 Å². The molecule has 24 heavy (non-hydrogen) atoms. The molecule has 0 fully saturated rings. The van der Waals surface area contributed by atoms with Gasteiger partial charge in [0, 0.05) is 24.0 Å². The Morgan fingerprint density at radius 1 is 0.917 bits per heavy atom. The summed E-state index contributed by atoms with van der Waals surface area (Å²) in [6.07, 6.45) is 3.14. The van der Waals surface area contributed by atoms with Crippen molar-refractivity contribution in [3.05, 3.63) is 72.6 Å². The number of nitrogens with one attached hydrogen (secondary N) is 1. The topological polar surface area (TPSA) is 72.0 Å². The first-order chi connectivity index (χ1) is 11.5. The summed E-state index contributed by atoms with van der Waals surface area (Å²) >= 11 is 0. The lowest BCUT2D eigenvalue weighted by atomic mass is 10.2. The molecule has 0 aliphatic carbocycles. The molecule has 3 aromatic rings. The minimum atomic E-state index is -4.05. The molecule has 1 heterocycles. The van der Waals surface area contributed by atoms with Gasteiger partial charge in [0.2, 0.25) is 0 Å². The fourth-order valence-electron chi connectivity index (χ4n) is 2.01. The van der Waals surface area contributed by atoms with Crippen LogP contribution in [-0.4, -0.2) is 18.4 Å². The van der Waals surface area contributed by atoms with Gasteiger partial charge < -0.3 is 0 Å². The number of nitrogens with zero attached hydrogens (tertiary/aromatic N) is 2. The van der Waals surface area contributed by atoms with E-state index in [2.05, 4.69) is 9.97 Å². The lowest BCUT2D eigenvalue weighted by molar-refractivity contribution is 0.594. The first-order valence-electron chi connectivity index (χ1n) is 6.81. The predicted octanol–water partition coefficient (Wildman–Crippen LogP) is 3.22. The molecule has 0 unspecified atom stereocenters. The van der Waals surface area contributed by atoms with Crippen molar-refractivity contribution in [1.82, 2.24) is 9.97 Å². The van der Waals surface area contributed by atoms with Gasteiger partial charge in [-0.2, -0.15) is 0 Å². The third-order valence-corrected chi connectivity index (χ3v) is 4.54. The van der Waals surface area contributed by atoms with Gasteiger partial charge in [0.05, 0.1) is 10.6 Å². The Balaban J connectivity index is 1.89. The maximum absolute atomic E-state index is 13.6. The largest absolute Gasteiger partial charge is 0.277 e. The molecular weight excluding hydrogens is 336 g/mol. The van der Waals surface area contributed by atoms with Crippen molar-refractivity contribution in [3.8, 4) is 11.4 Å². The fraction of sp³-hybridized carbons (Fsp3) is 0. The van der Waals surface area contributed by atoms with E-state index in [-0.39, 0.29) is 4.90 Å². The predicted molar refractivity (Wildman–Crippen MR) is 84.6 cm³/mol. The van der Waals surface area contributed by atoms with Gasteiger partial charge in [0.25, 0.3) is 10.0 Å². The molecule has 0 bridgehead atoms. The molecule has 0 aliphatic rings. The van der Waals surface area contributed by atoms with E-state index in [9.17, 15) is 17.2 Å². The Kier molecular flexibility index (Phi) is 4.22. The monoisotopic (exact) mass is 347 g/mol. The molecule has 8 heteroatoms. The van der Waals surface area contributed by atoms with Crippen LogP contribution in [0.2, 0.25) is 0 Å². The second-order valence-electron chi connectivity index (χ2n) is 4.83. The van der Waals surface area contributed by atoms with E-state index in [0.717, 1.165) is 18.2 Å². The molecule has 0 atom stereocenters. The van der Waals surface area contributed by atoms with E-state index in [0.29, 0.717) is 11.4 Å². The number of hydrogen-bond donors (Lipinski definition) is 1. The molecule has 3 rings (SSSR count). The maximum atomic E-state index is 13.6. The number of benzene rings is 2. The van der Waals surface area contributed by atoms with Gasteiger partial charge in [0.1, 0.15) is 11.6 Å². The molecule has 0 amide bonds. The highest BCUT2D eigenvalue weighted by molar-refractivity contribution is 7.92. The minimum Gasteiger partial charge on any atom is -0.277 e. The van der Waals surface area contributed by atoms with E-state index in [1.807, 2.05) is 4.72 Å². The number of aromatic nitrogens is 2. The first kappa shape index (κ1) is 16.0. The molecular formula is C16H11F2N3O2S. The smallest absolute Gasteiger partial charge is 0.261 e. The summed E-state index contributed by atoms with van der Waals surface area (Å²) in [5, 5.41) is 0. The van der Waals surface area contributed by atoms with E-state index in [4.69, 9.17) is 0 Å². The van der Waals surface area contributed by atoms with E-state index >= 15 is 0 Å². The van der Waals surface area contributed by atoms with Crippen LogP contribution in [0.25, 0.3) is 11.4 Å². The van der Waals surface area contributed by atoms with Gasteiger partial charge in [-0.15, -0.1) is 0 Å². The summed E-state index contributed by atoms with van der Waals surface area (Å²) in [6, 6.07) is 9.94. The highest BCUT2D eigenvalue weighted by Gasteiger charge is 2.17. The van der Waals surface area contributed by atoms with Gasteiger partial charge in [-0.1, -0.05) is 0 Å². The second kappa shape index (κ2) is 6.32. The standard InChI is InChI=1S/C16H11F2N3O2S/c17-12-4-7-14(18)15(10-12)21-24(22,23)13-5-2-11(3-6-13)16-19-8-1-9-20-16/h1-10,21H. The summed E-state index contributed by atoms with van der Waals surface area (Å²) in [7, 11) is -4.05. The van der Waals surface area contributed by atoms with Crippen LogP contribution < -0.4 is 4.72 Å². The van der Waals surface area contributed by atoms with Crippen LogP contribution in [0, 0.1) is 11.6 Å². The van der Waals surface area contributed by atoms with Crippen LogP contribution in [0.15, 0.2) is 65.8 Å². The number of sulfonamides is 1. The van der Waals surface area contributed by atoms with Crippen LogP contribution in [0.4, 0.5) is 14.5 Å². The number of anilines is 1. The van der Waals surface area contributed by atoms with Crippen molar-refractivity contribution in [1.29, 1.82) is 0 Å². The Hall–Kier alpha value is -2.87. The Labute approximate surface area is 137 Å². The van der Waals surface area contributed by atoms with Crippen LogP contribution in [0.3, 0.4) is 0 Å². The molecule has 0 spiro atoms. The third-order valence-electron chi connectivity index (χ3n) is 3.16. The van der Waals surface area contributed by atoms with E-state index in [1.165, 1.54) is 24.3 Å². The molecule has 0 saturated carbocycles. The summed E-state index contributed by atoms with van der Waals surface area (Å²) in [6.45, 7) is 0. The number of hydrogen-bond acceptors (Lipinski definition) is 4. The van der Waals surface area contributed by atoms with Crippen molar-refractivity contribution < 1.29 is 17.2 Å². The van der Waals surface area contributed by atoms with Crippen molar-refractivity contribution in [3.63, 3.8) is 0 Å². The zero-order chi connectivity index (χ0) is 17.2. The molecule has 0 aliphatic heterocycles. The van der Waals surface area contributed by atoms with Gasteiger partial charge in [-0.25, -0.2) is 27.2 Å². The Morgan fingerprint density at radius 2 is 1.58 bits per heavy atom. The lowest BCUT2D eigenvalue weighted by Crippen LogP contribution is -2.14. The molecule has 122 valence electrons. The molecule has 0 radical (unpaired) electrons. The van der Waals surface area contributed by atoms with Crippen molar-refractivity contribution >= 4 is 15.7 Å². The number of halogens is 2. The quantitative estimate of drug-likeness (QED) is 0.786. The molecule has 2 aromatic carbocycles. The number of rotatable bonds is 4. The Morgan fingerprint density at radius 3 is 2.25 bits per heavy atom.